The topological polar surface area (TPSA) is 88.2 Å². The Morgan fingerprint density at radius 1 is 1.21 bits per heavy atom. The molecule has 1 unspecified atom stereocenters. The molecule has 0 aromatic heterocycles. The van der Waals surface area contributed by atoms with E-state index in [1.807, 2.05) is 0 Å². The Balaban J connectivity index is 1.66. The highest BCUT2D eigenvalue weighted by atomic mass is 16.5. The molecule has 1 aliphatic heterocycles. The van der Waals surface area contributed by atoms with E-state index in [9.17, 15) is 9.90 Å². The molecule has 6 heteroatoms. The van der Waals surface area contributed by atoms with Gasteiger partial charge in [0, 0.05) is 19.6 Å². The summed E-state index contributed by atoms with van der Waals surface area (Å²) in [6.07, 6.45) is 8.32. The smallest absolute Gasteiger partial charge is 0.262 e. The fraction of sp³-hybridized carbons (Fsp3) is 0.652. The molecule has 2 spiro atoms. The molecule has 156 valence electrons. The number of ether oxygens (including phenoxy) is 1. The molecule has 1 aromatic rings. The Morgan fingerprint density at radius 2 is 1.90 bits per heavy atom. The minimum atomic E-state index is -0.967. The number of carbonyl (C=O) groups excluding carboxylic acids is 1. The molecule has 5 rings (SSSR count). The van der Waals surface area contributed by atoms with Crippen molar-refractivity contribution in [3.8, 4) is 0 Å². The zero-order chi connectivity index (χ0) is 20.4. The van der Waals surface area contributed by atoms with Gasteiger partial charge in [-0.3, -0.25) is 9.69 Å². The lowest BCUT2D eigenvalue weighted by Crippen LogP contribution is -2.51. The zero-order valence-corrected chi connectivity index (χ0v) is 17.4. The largest absolute Gasteiger partial charge is 0.385 e. The van der Waals surface area contributed by atoms with Crippen LogP contribution in [0.1, 0.15) is 68.1 Å². The van der Waals surface area contributed by atoms with Gasteiger partial charge in [-0.15, -0.1) is 0 Å². The second-order valence-electron chi connectivity index (χ2n) is 9.55. The van der Waals surface area contributed by atoms with Crippen molar-refractivity contribution in [3.05, 3.63) is 34.9 Å². The summed E-state index contributed by atoms with van der Waals surface area (Å²) < 4.78 is 5.60. The van der Waals surface area contributed by atoms with Gasteiger partial charge in [-0.2, -0.15) is 0 Å². The number of amides is 1. The van der Waals surface area contributed by atoms with Crippen LogP contribution in [0.4, 0.5) is 0 Å². The molecular formula is C23H31N3O3. The van der Waals surface area contributed by atoms with Crippen LogP contribution in [0.25, 0.3) is 0 Å². The summed E-state index contributed by atoms with van der Waals surface area (Å²) in [6, 6.07) is 6.26. The number of nitrogens with two attached hydrogens (primary N) is 1. The van der Waals surface area contributed by atoms with Gasteiger partial charge in [-0.05, 0) is 67.7 Å². The van der Waals surface area contributed by atoms with Gasteiger partial charge in [0.2, 0.25) is 0 Å². The summed E-state index contributed by atoms with van der Waals surface area (Å²) in [4.78, 5) is 20.1. The molecule has 6 nitrogen and oxygen atoms in total. The van der Waals surface area contributed by atoms with E-state index < -0.39 is 11.1 Å². The van der Waals surface area contributed by atoms with Crippen molar-refractivity contribution in [1.29, 1.82) is 0 Å². The van der Waals surface area contributed by atoms with Gasteiger partial charge in [0.15, 0.2) is 11.5 Å². The van der Waals surface area contributed by atoms with Gasteiger partial charge < -0.3 is 15.6 Å². The van der Waals surface area contributed by atoms with E-state index in [1.165, 1.54) is 10.5 Å². The van der Waals surface area contributed by atoms with E-state index in [1.54, 1.807) is 14.2 Å². The summed E-state index contributed by atoms with van der Waals surface area (Å²) in [5, 5.41) is 11.2. The van der Waals surface area contributed by atoms with Crippen LogP contribution < -0.4 is 5.73 Å². The molecule has 3 aliphatic carbocycles. The molecule has 1 atom stereocenters. The number of carbonyl (C=O) groups is 1. The molecule has 2 fully saturated rings. The maximum atomic E-state index is 13.7. The standard InChI is InChI=1S/C23H31N3O3/c1-26-19(27)23(25-20(26)24)18-13-16(22(28)9-3-4-10-22)6-5-15(18)14-21(23)11-7-17(29-2)8-12-21/h5-6,13,17,28H,3-4,7-12,14H2,1-2H3,(H2,24,25). The number of aliphatic hydroxyl groups is 1. The number of methoxy groups -OCH3 is 1. The van der Waals surface area contributed by atoms with Gasteiger partial charge in [-0.25, -0.2) is 4.99 Å². The summed E-state index contributed by atoms with van der Waals surface area (Å²) in [5.41, 5.74) is 7.22. The Hall–Kier alpha value is -1.92. The maximum absolute atomic E-state index is 13.7. The van der Waals surface area contributed by atoms with Crippen LogP contribution >= 0.6 is 0 Å². The van der Waals surface area contributed by atoms with Crippen LogP contribution in [-0.2, 0) is 27.1 Å². The number of aliphatic imine (C=N–C) groups is 1. The molecule has 3 N–H and O–H groups in total. The van der Waals surface area contributed by atoms with Crippen LogP contribution in [0.3, 0.4) is 0 Å². The highest BCUT2D eigenvalue weighted by Gasteiger charge is 2.66. The third kappa shape index (κ3) is 2.42. The highest BCUT2D eigenvalue weighted by molar-refractivity contribution is 6.08. The first kappa shape index (κ1) is 19.1. The first-order valence-corrected chi connectivity index (χ1v) is 10.9. The minimum absolute atomic E-state index is 0.0276. The van der Waals surface area contributed by atoms with E-state index in [-0.39, 0.29) is 17.4 Å². The van der Waals surface area contributed by atoms with E-state index in [2.05, 4.69) is 18.2 Å². The molecule has 4 aliphatic rings. The van der Waals surface area contributed by atoms with E-state index in [4.69, 9.17) is 15.5 Å². The van der Waals surface area contributed by atoms with Crippen molar-refractivity contribution in [2.75, 3.05) is 14.2 Å². The Kier molecular flexibility index (Phi) is 4.13. The number of hydrogen-bond acceptors (Lipinski definition) is 5. The number of likely N-dealkylation sites (N-methyl/N-ethyl adjacent to an activating group) is 1. The lowest BCUT2D eigenvalue weighted by atomic mass is 9.61. The number of benzene rings is 1. The predicted octanol–water partition coefficient (Wildman–Crippen LogP) is 2.56. The number of fused-ring (bicyclic) bond motifs is 3. The van der Waals surface area contributed by atoms with Gasteiger partial charge in [-0.1, -0.05) is 25.0 Å². The van der Waals surface area contributed by atoms with Crippen molar-refractivity contribution >= 4 is 11.9 Å². The van der Waals surface area contributed by atoms with Crippen LogP contribution in [0.15, 0.2) is 23.2 Å². The fourth-order valence-electron chi connectivity index (χ4n) is 6.46. The van der Waals surface area contributed by atoms with Crippen LogP contribution in [-0.4, -0.2) is 42.1 Å². The summed E-state index contributed by atoms with van der Waals surface area (Å²) in [7, 11) is 3.48. The van der Waals surface area contributed by atoms with Crippen molar-refractivity contribution in [3.63, 3.8) is 0 Å². The summed E-state index contributed by atoms with van der Waals surface area (Å²) in [5.74, 6) is 0.265. The Labute approximate surface area is 172 Å². The number of nitrogens with zero attached hydrogens (tertiary/aromatic N) is 2. The summed E-state index contributed by atoms with van der Waals surface area (Å²) >= 11 is 0. The number of guanidine groups is 1. The Bertz CT molecular complexity index is 881. The average molecular weight is 398 g/mol. The minimum Gasteiger partial charge on any atom is -0.385 e. The molecular weight excluding hydrogens is 366 g/mol. The van der Waals surface area contributed by atoms with Crippen LogP contribution in [0.2, 0.25) is 0 Å². The van der Waals surface area contributed by atoms with E-state index in [0.29, 0.717) is 5.96 Å². The monoisotopic (exact) mass is 397 g/mol. The molecule has 0 saturated heterocycles. The quantitative estimate of drug-likeness (QED) is 0.803. The lowest BCUT2D eigenvalue weighted by Gasteiger charge is -2.45. The van der Waals surface area contributed by atoms with Crippen molar-refractivity contribution in [2.24, 2.45) is 16.1 Å². The number of rotatable bonds is 2. The van der Waals surface area contributed by atoms with Crippen molar-refractivity contribution in [1.82, 2.24) is 4.90 Å². The van der Waals surface area contributed by atoms with Crippen LogP contribution in [0.5, 0.6) is 0 Å². The molecule has 0 bridgehead atoms. The van der Waals surface area contributed by atoms with E-state index >= 15 is 0 Å². The Morgan fingerprint density at radius 3 is 2.48 bits per heavy atom. The van der Waals surface area contributed by atoms with Crippen LogP contribution in [0, 0.1) is 5.41 Å². The third-order valence-electron chi connectivity index (χ3n) is 8.23. The van der Waals surface area contributed by atoms with Gasteiger partial charge in [0.1, 0.15) is 0 Å². The molecule has 1 amide bonds. The maximum Gasteiger partial charge on any atom is 0.262 e. The molecule has 2 saturated carbocycles. The summed E-state index contributed by atoms with van der Waals surface area (Å²) in [6.45, 7) is 0. The molecule has 29 heavy (non-hydrogen) atoms. The van der Waals surface area contributed by atoms with E-state index in [0.717, 1.165) is 68.9 Å². The first-order chi connectivity index (χ1) is 13.9. The first-order valence-electron chi connectivity index (χ1n) is 10.9. The second kappa shape index (κ2) is 6.29. The van der Waals surface area contributed by atoms with Crippen molar-refractivity contribution < 1.29 is 14.6 Å². The lowest BCUT2D eigenvalue weighted by molar-refractivity contribution is -0.137. The van der Waals surface area contributed by atoms with Gasteiger partial charge >= 0.3 is 0 Å². The molecule has 0 radical (unpaired) electrons. The zero-order valence-electron chi connectivity index (χ0n) is 17.4. The highest BCUT2D eigenvalue weighted by Crippen LogP contribution is 2.62. The predicted molar refractivity (Wildman–Crippen MR) is 110 cm³/mol. The normalized spacial score (nSPS) is 35.6. The second-order valence-corrected chi connectivity index (χ2v) is 9.55. The van der Waals surface area contributed by atoms with Crippen molar-refractivity contribution in [2.45, 2.75) is 75.0 Å². The van der Waals surface area contributed by atoms with Gasteiger partial charge in [0.05, 0.1) is 11.7 Å². The SMILES string of the molecule is COC1CCC2(CC1)Cc1ccc(C3(O)CCCC3)cc1C21N=C(N)N(C)C1=O. The third-order valence-corrected chi connectivity index (χ3v) is 8.23. The molecule has 1 heterocycles. The molecule has 1 aromatic carbocycles. The van der Waals surface area contributed by atoms with Gasteiger partial charge in [0.25, 0.3) is 5.91 Å². The number of hydrogen-bond donors (Lipinski definition) is 2. The fourth-order valence-corrected chi connectivity index (χ4v) is 6.46. The average Bonchev–Trinajstić information content (AvgIpc) is 3.35.